The standard InChI is InChI=1S/C10H19NO/c1-8-7-11-6-4-5-10(2,3)9(11)12-8/h8-9H,4-7H2,1-3H3/t8-,9+/m1/s1. The van der Waals surface area contributed by atoms with E-state index >= 15 is 0 Å². The van der Waals surface area contributed by atoms with Crippen LogP contribution in [0.1, 0.15) is 33.6 Å². The molecule has 0 amide bonds. The molecule has 0 aliphatic carbocycles. The zero-order chi connectivity index (χ0) is 8.77. The van der Waals surface area contributed by atoms with Crippen molar-refractivity contribution >= 4 is 0 Å². The molecule has 2 fully saturated rings. The number of hydrogen-bond acceptors (Lipinski definition) is 2. The van der Waals surface area contributed by atoms with Crippen molar-refractivity contribution in [2.24, 2.45) is 5.41 Å². The highest BCUT2D eigenvalue weighted by Gasteiger charge is 2.43. The minimum Gasteiger partial charge on any atom is -0.358 e. The maximum absolute atomic E-state index is 5.91. The van der Waals surface area contributed by atoms with Crippen LogP contribution in [0.3, 0.4) is 0 Å². The van der Waals surface area contributed by atoms with Gasteiger partial charge in [-0.25, -0.2) is 0 Å². The molecule has 0 spiro atoms. The quantitative estimate of drug-likeness (QED) is 0.549. The summed E-state index contributed by atoms with van der Waals surface area (Å²) in [6, 6.07) is 0. The van der Waals surface area contributed by atoms with Crippen molar-refractivity contribution in [1.29, 1.82) is 0 Å². The van der Waals surface area contributed by atoms with Crippen LogP contribution in [-0.4, -0.2) is 30.3 Å². The third-order valence-corrected chi connectivity index (χ3v) is 3.12. The average molecular weight is 169 g/mol. The van der Waals surface area contributed by atoms with Gasteiger partial charge in [0.15, 0.2) is 0 Å². The highest BCUT2D eigenvalue weighted by atomic mass is 16.5. The summed E-state index contributed by atoms with van der Waals surface area (Å²) in [5, 5.41) is 0. The Bertz CT molecular complexity index is 179. The van der Waals surface area contributed by atoms with Gasteiger partial charge >= 0.3 is 0 Å². The Hall–Kier alpha value is -0.0800. The molecule has 0 bridgehead atoms. The molecule has 0 aromatic rings. The monoisotopic (exact) mass is 169 g/mol. The van der Waals surface area contributed by atoms with Crippen LogP contribution in [0.4, 0.5) is 0 Å². The molecular weight excluding hydrogens is 150 g/mol. The lowest BCUT2D eigenvalue weighted by molar-refractivity contribution is -0.0939. The van der Waals surface area contributed by atoms with E-state index in [-0.39, 0.29) is 0 Å². The molecule has 2 rings (SSSR count). The fraction of sp³-hybridized carbons (Fsp3) is 1.00. The highest BCUT2D eigenvalue weighted by molar-refractivity contribution is 4.89. The SMILES string of the molecule is C[C@@H]1CN2CCCC(C)(C)[C@@H]2O1. The molecule has 0 aromatic carbocycles. The lowest BCUT2D eigenvalue weighted by Crippen LogP contribution is -2.46. The molecule has 2 saturated heterocycles. The van der Waals surface area contributed by atoms with Crippen LogP contribution >= 0.6 is 0 Å². The Kier molecular flexibility index (Phi) is 1.92. The minimum atomic E-state index is 0.364. The van der Waals surface area contributed by atoms with Gasteiger partial charge in [-0.1, -0.05) is 13.8 Å². The number of nitrogens with zero attached hydrogens (tertiary/aromatic N) is 1. The molecule has 2 heterocycles. The largest absolute Gasteiger partial charge is 0.358 e. The summed E-state index contributed by atoms with van der Waals surface area (Å²) >= 11 is 0. The van der Waals surface area contributed by atoms with Gasteiger partial charge in [-0.3, -0.25) is 4.90 Å². The van der Waals surface area contributed by atoms with Crippen LogP contribution in [0.25, 0.3) is 0 Å². The number of piperidine rings is 1. The molecule has 12 heavy (non-hydrogen) atoms. The van der Waals surface area contributed by atoms with Crippen molar-refractivity contribution in [3.05, 3.63) is 0 Å². The first kappa shape index (κ1) is 8.52. The van der Waals surface area contributed by atoms with E-state index in [1.165, 1.54) is 19.4 Å². The van der Waals surface area contributed by atoms with E-state index in [0.717, 1.165) is 6.54 Å². The second kappa shape index (κ2) is 2.71. The first-order chi connectivity index (χ1) is 5.59. The molecule has 2 atom stereocenters. The molecule has 2 nitrogen and oxygen atoms in total. The zero-order valence-electron chi connectivity index (χ0n) is 8.34. The van der Waals surface area contributed by atoms with Gasteiger partial charge in [0.2, 0.25) is 0 Å². The summed E-state index contributed by atoms with van der Waals surface area (Å²) in [6.45, 7) is 9.19. The first-order valence-electron chi connectivity index (χ1n) is 4.99. The van der Waals surface area contributed by atoms with E-state index in [1.54, 1.807) is 0 Å². The Balaban J connectivity index is 2.13. The molecule has 2 aliphatic rings. The maximum Gasteiger partial charge on any atom is 0.116 e. The van der Waals surface area contributed by atoms with Crippen LogP contribution in [0.5, 0.6) is 0 Å². The van der Waals surface area contributed by atoms with Gasteiger partial charge in [0.05, 0.1) is 6.10 Å². The van der Waals surface area contributed by atoms with Gasteiger partial charge in [0.25, 0.3) is 0 Å². The molecule has 70 valence electrons. The van der Waals surface area contributed by atoms with Gasteiger partial charge in [0.1, 0.15) is 6.23 Å². The van der Waals surface area contributed by atoms with Crippen molar-refractivity contribution in [1.82, 2.24) is 4.90 Å². The van der Waals surface area contributed by atoms with E-state index in [4.69, 9.17) is 4.74 Å². The van der Waals surface area contributed by atoms with E-state index in [9.17, 15) is 0 Å². The Morgan fingerprint density at radius 2 is 2.17 bits per heavy atom. The Morgan fingerprint density at radius 3 is 2.83 bits per heavy atom. The molecule has 0 unspecified atom stereocenters. The van der Waals surface area contributed by atoms with Gasteiger partial charge in [-0.15, -0.1) is 0 Å². The van der Waals surface area contributed by atoms with Crippen LogP contribution in [-0.2, 0) is 4.74 Å². The summed E-state index contributed by atoms with van der Waals surface area (Å²) in [5.41, 5.74) is 0.364. The first-order valence-corrected chi connectivity index (χ1v) is 4.99. The Labute approximate surface area is 74.9 Å². The van der Waals surface area contributed by atoms with Crippen molar-refractivity contribution in [2.75, 3.05) is 13.1 Å². The maximum atomic E-state index is 5.91. The van der Waals surface area contributed by atoms with E-state index in [0.29, 0.717) is 17.7 Å². The van der Waals surface area contributed by atoms with Crippen molar-refractivity contribution in [3.8, 4) is 0 Å². The summed E-state index contributed by atoms with van der Waals surface area (Å²) in [6.07, 6.45) is 3.47. The minimum absolute atomic E-state index is 0.364. The average Bonchev–Trinajstić information content (AvgIpc) is 2.30. The molecule has 0 N–H and O–H groups in total. The van der Waals surface area contributed by atoms with E-state index in [1.807, 2.05) is 0 Å². The van der Waals surface area contributed by atoms with Gasteiger partial charge in [-0.05, 0) is 19.8 Å². The number of rotatable bonds is 0. The number of hydrogen-bond donors (Lipinski definition) is 0. The van der Waals surface area contributed by atoms with E-state index in [2.05, 4.69) is 25.7 Å². The predicted molar refractivity (Wildman–Crippen MR) is 48.9 cm³/mol. The smallest absolute Gasteiger partial charge is 0.116 e. The van der Waals surface area contributed by atoms with Crippen LogP contribution < -0.4 is 0 Å². The van der Waals surface area contributed by atoms with Gasteiger partial charge in [0, 0.05) is 18.5 Å². The summed E-state index contributed by atoms with van der Waals surface area (Å²) < 4.78 is 5.91. The summed E-state index contributed by atoms with van der Waals surface area (Å²) in [7, 11) is 0. The lowest BCUT2D eigenvalue weighted by atomic mass is 9.82. The van der Waals surface area contributed by atoms with Crippen molar-refractivity contribution in [3.63, 3.8) is 0 Å². The van der Waals surface area contributed by atoms with E-state index < -0.39 is 0 Å². The van der Waals surface area contributed by atoms with Crippen LogP contribution in [0.2, 0.25) is 0 Å². The molecule has 0 aromatic heterocycles. The molecule has 0 saturated carbocycles. The molecular formula is C10H19NO. The highest BCUT2D eigenvalue weighted by Crippen LogP contribution is 2.39. The third kappa shape index (κ3) is 1.27. The predicted octanol–water partition coefficient (Wildman–Crippen LogP) is 1.85. The Morgan fingerprint density at radius 1 is 1.42 bits per heavy atom. The normalized spacial score (nSPS) is 41.2. The van der Waals surface area contributed by atoms with Crippen molar-refractivity contribution < 1.29 is 4.74 Å². The second-order valence-electron chi connectivity index (χ2n) is 4.89. The van der Waals surface area contributed by atoms with Gasteiger partial charge < -0.3 is 4.74 Å². The summed E-state index contributed by atoms with van der Waals surface area (Å²) in [4.78, 5) is 2.49. The number of fused-ring (bicyclic) bond motifs is 1. The topological polar surface area (TPSA) is 12.5 Å². The van der Waals surface area contributed by atoms with Crippen LogP contribution in [0.15, 0.2) is 0 Å². The summed E-state index contributed by atoms with van der Waals surface area (Å²) in [5.74, 6) is 0. The fourth-order valence-electron chi connectivity index (χ4n) is 2.52. The van der Waals surface area contributed by atoms with Gasteiger partial charge in [-0.2, -0.15) is 0 Å². The van der Waals surface area contributed by atoms with Crippen molar-refractivity contribution in [2.45, 2.75) is 45.9 Å². The molecule has 0 radical (unpaired) electrons. The molecule has 2 aliphatic heterocycles. The number of ether oxygens (including phenoxy) is 1. The lowest BCUT2D eigenvalue weighted by Gasteiger charge is -2.41. The van der Waals surface area contributed by atoms with Crippen LogP contribution in [0, 0.1) is 5.41 Å². The molecule has 2 heteroatoms. The zero-order valence-corrected chi connectivity index (χ0v) is 8.34. The third-order valence-electron chi connectivity index (χ3n) is 3.12. The fourth-order valence-corrected chi connectivity index (χ4v) is 2.52. The second-order valence-corrected chi connectivity index (χ2v) is 4.89.